The van der Waals surface area contributed by atoms with Crippen molar-refractivity contribution in [1.82, 2.24) is 14.8 Å². The van der Waals surface area contributed by atoms with E-state index in [-0.39, 0.29) is 17.5 Å². The summed E-state index contributed by atoms with van der Waals surface area (Å²) in [6.45, 7) is 4.41. The minimum absolute atomic E-state index is 0.134. The van der Waals surface area contributed by atoms with Crippen LogP contribution in [0, 0.1) is 19.7 Å². The lowest BCUT2D eigenvalue weighted by Crippen LogP contribution is -2.15. The number of hydrogen-bond acceptors (Lipinski definition) is 4. The summed E-state index contributed by atoms with van der Waals surface area (Å²) < 4.78 is 16.3. The van der Waals surface area contributed by atoms with E-state index >= 15 is 0 Å². The fraction of sp³-hybridized carbons (Fsp3) is 0.160. The molecular formula is C25H23FN4OS. The van der Waals surface area contributed by atoms with Gasteiger partial charge in [0.25, 0.3) is 0 Å². The van der Waals surface area contributed by atoms with Crippen LogP contribution in [0.4, 0.5) is 10.1 Å². The standard InChI is InChI=1S/C25H23FN4OS/c1-17-12-13-18(2)22(14-17)27-23(31)16-32-25-29-28-24(20-10-6-7-11-21(20)26)30(25)15-19-8-4-3-5-9-19/h3-14H,15-16H2,1-2H3,(H,27,31). The summed E-state index contributed by atoms with van der Waals surface area (Å²) >= 11 is 1.28. The summed E-state index contributed by atoms with van der Waals surface area (Å²) in [6.07, 6.45) is 0. The average molecular weight is 447 g/mol. The molecule has 1 heterocycles. The van der Waals surface area contributed by atoms with E-state index in [4.69, 9.17) is 0 Å². The van der Waals surface area contributed by atoms with Gasteiger partial charge < -0.3 is 5.32 Å². The monoisotopic (exact) mass is 446 g/mol. The van der Waals surface area contributed by atoms with E-state index in [1.807, 2.05) is 66.9 Å². The second-order valence-electron chi connectivity index (χ2n) is 7.51. The Morgan fingerprint density at radius 3 is 2.53 bits per heavy atom. The zero-order valence-electron chi connectivity index (χ0n) is 17.9. The molecule has 162 valence electrons. The van der Waals surface area contributed by atoms with Gasteiger partial charge in [-0.3, -0.25) is 9.36 Å². The molecule has 1 N–H and O–H groups in total. The predicted octanol–water partition coefficient (Wildman–Crippen LogP) is 5.48. The van der Waals surface area contributed by atoms with Crippen molar-refractivity contribution >= 4 is 23.4 Å². The number of anilines is 1. The molecule has 0 saturated carbocycles. The third-order valence-electron chi connectivity index (χ3n) is 5.01. The van der Waals surface area contributed by atoms with Gasteiger partial charge in [0, 0.05) is 5.69 Å². The van der Waals surface area contributed by atoms with Crippen LogP contribution >= 0.6 is 11.8 Å². The molecule has 7 heteroatoms. The summed E-state index contributed by atoms with van der Waals surface area (Å²) in [6, 6.07) is 22.3. The minimum Gasteiger partial charge on any atom is -0.325 e. The Hall–Kier alpha value is -3.45. The van der Waals surface area contributed by atoms with Crippen molar-refractivity contribution in [2.75, 3.05) is 11.1 Å². The number of carbonyl (C=O) groups is 1. The maximum atomic E-state index is 14.5. The lowest BCUT2D eigenvalue weighted by Gasteiger charge is -2.12. The molecule has 0 aliphatic carbocycles. The summed E-state index contributed by atoms with van der Waals surface area (Å²) in [4.78, 5) is 12.6. The predicted molar refractivity (Wildman–Crippen MR) is 126 cm³/mol. The fourth-order valence-electron chi connectivity index (χ4n) is 3.33. The molecule has 1 amide bonds. The van der Waals surface area contributed by atoms with Crippen molar-refractivity contribution in [3.8, 4) is 11.4 Å². The Labute approximate surface area is 190 Å². The number of aromatic nitrogens is 3. The second-order valence-corrected chi connectivity index (χ2v) is 8.46. The van der Waals surface area contributed by atoms with Gasteiger partial charge in [0.05, 0.1) is 17.9 Å². The van der Waals surface area contributed by atoms with Crippen LogP contribution < -0.4 is 5.32 Å². The van der Waals surface area contributed by atoms with Gasteiger partial charge in [0.1, 0.15) is 5.82 Å². The number of rotatable bonds is 7. The maximum Gasteiger partial charge on any atom is 0.234 e. The second kappa shape index (κ2) is 9.78. The lowest BCUT2D eigenvalue weighted by atomic mass is 10.1. The number of nitrogens with zero attached hydrogens (tertiary/aromatic N) is 3. The normalized spacial score (nSPS) is 10.8. The molecular weight excluding hydrogens is 423 g/mol. The van der Waals surface area contributed by atoms with Gasteiger partial charge in [-0.05, 0) is 48.7 Å². The SMILES string of the molecule is Cc1ccc(C)c(NC(=O)CSc2nnc(-c3ccccc3F)n2Cc2ccccc2)c1. The van der Waals surface area contributed by atoms with Gasteiger partial charge >= 0.3 is 0 Å². The zero-order valence-corrected chi connectivity index (χ0v) is 18.7. The molecule has 0 atom stereocenters. The number of halogens is 1. The Morgan fingerprint density at radius 2 is 1.75 bits per heavy atom. The van der Waals surface area contributed by atoms with Crippen LogP contribution in [0.3, 0.4) is 0 Å². The largest absolute Gasteiger partial charge is 0.325 e. The first kappa shape index (κ1) is 21.8. The minimum atomic E-state index is -0.363. The van der Waals surface area contributed by atoms with Gasteiger partial charge in [0.15, 0.2) is 11.0 Å². The molecule has 0 unspecified atom stereocenters. The van der Waals surface area contributed by atoms with Crippen LogP contribution in [-0.2, 0) is 11.3 Å². The van der Waals surface area contributed by atoms with Crippen LogP contribution in [0.5, 0.6) is 0 Å². The van der Waals surface area contributed by atoms with Gasteiger partial charge in [-0.25, -0.2) is 4.39 Å². The molecule has 0 fully saturated rings. The maximum absolute atomic E-state index is 14.5. The van der Waals surface area contributed by atoms with E-state index in [0.717, 1.165) is 22.4 Å². The first-order valence-electron chi connectivity index (χ1n) is 10.2. The molecule has 0 aliphatic heterocycles. The quantitative estimate of drug-likeness (QED) is 0.382. The summed E-state index contributed by atoms with van der Waals surface area (Å²) in [5, 5.41) is 12.0. The van der Waals surface area contributed by atoms with Crippen molar-refractivity contribution in [3.05, 3.63) is 95.3 Å². The van der Waals surface area contributed by atoms with Gasteiger partial charge in [0.2, 0.25) is 5.91 Å². The Balaban J connectivity index is 1.57. The van der Waals surface area contributed by atoms with Crippen molar-refractivity contribution < 1.29 is 9.18 Å². The molecule has 32 heavy (non-hydrogen) atoms. The number of aryl methyl sites for hydroxylation is 2. The highest BCUT2D eigenvalue weighted by atomic mass is 32.2. The van der Waals surface area contributed by atoms with Gasteiger partial charge in [-0.1, -0.05) is 66.4 Å². The molecule has 0 bridgehead atoms. The van der Waals surface area contributed by atoms with Crippen molar-refractivity contribution in [2.45, 2.75) is 25.5 Å². The van der Waals surface area contributed by atoms with Crippen molar-refractivity contribution in [2.24, 2.45) is 0 Å². The molecule has 0 aliphatic rings. The Kier molecular flexibility index (Phi) is 6.66. The number of amides is 1. The number of hydrogen-bond donors (Lipinski definition) is 1. The third kappa shape index (κ3) is 5.06. The van der Waals surface area contributed by atoms with E-state index in [9.17, 15) is 9.18 Å². The van der Waals surface area contributed by atoms with Crippen LogP contribution in [-0.4, -0.2) is 26.4 Å². The Morgan fingerprint density at radius 1 is 1.00 bits per heavy atom. The topological polar surface area (TPSA) is 59.8 Å². The molecule has 4 aromatic rings. The third-order valence-corrected chi connectivity index (χ3v) is 5.98. The number of carbonyl (C=O) groups excluding carboxylic acids is 1. The van der Waals surface area contributed by atoms with Crippen molar-refractivity contribution in [3.63, 3.8) is 0 Å². The summed E-state index contributed by atoms with van der Waals surface area (Å²) in [5.74, 6) is 0.102. The van der Waals surface area contributed by atoms with Crippen LogP contribution in [0.25, 0.3) is 11.4 Å². The molecule has 5 nitrogen and oxygen atoms in total. The number of nitrogens with one attached hydrogen (secondary N) is 1. The van der Waals surface area contributed by atoms with Crippen LogP contribution in [0.1, 0.15) is 16.7 Å². The highest BCUT2D eigenvalue weighted by molar-refractivity contribution is 7.99. The highest BCUT2D eigenvalue weighted by Gasteiger charge is 2.18. The zero-order chi connectivity index (χ0) is 22.5. The molecule has 0 spiro atoms. The smallest absolute Gasteiger partial charge is 0.234 e. The molecule has 4 rings (SSSR count). The summed E-state index contributed by atoms with van der Waals surface area (Å²) in [7, 11) is 0. The van der Waals surface area contributed by atoms with Crippen molar-refractivity contribution in [1.29, 1.82) is 0 Å². The van der Waals surface area contributed by atoms with Gasteiger partial charge in [-0.15, -0.1) is 10.2 Å². The molecule has 1 aromatic heterocycles. The molecule has 0 saturated heterocycles. The van der Waals surface area contributed by atoms with E-state index in [1.54, 1.807) is 18.2 Å². The van der Waals surface area contributed by atoms with Crippen LogP contribution in [0.2, 0.25) is 0 Å². The average Bonchev–Trinajstić information content (AvgIpc) is 3.18. The van der Waals surface area contributed by atoms with Crippen LogP contribution in [0.15, 0.2) is 78.0 Å². The molecule has 0 radical (unpaired) electrons. The first-order chi connectivity index (χ1) is 15.5. The highest BCUT2D eigenvalue weighted by Crippen LogP contribution is 2.27. The van der Waals surface area contributed by atoms with E-state index in [2.05, 4.69) is 15.5 Å². The van der Waals surface area contributed by atoms with E-state index < -0.39 is 0 Å². The number of thioether (sulfide) groups is 1. The number of benzene rings is 3. The molecule has 3 aromatic carbocycles. The van der Waals surface area contributed by atoms with Gasteiger partial charge in [-0.2, -0.15) is 0 Å². The summed E-state index contributed by atoms with van der Waals surface area (Å²) in [5.41, 5.74) is 4.29. The van der Waals surface area contributed by atoms with E-state index in [1.165, 1.54) is 17.8 Å². The lowest BCUT2D eigenvalue weighted by molar-refractivity contribution is -0.113. The fourth-order valence-corrected chi connectivity index (χ4v) is 4.07. The Bertz CT molecular complexity index is 1240. The first-order valence-corrected chi connectivity index (χ1v) is 11.2. The van der Waals surface area contributed by atoms with E-state index in [0.29, 0.717) is 23.1 Å².